The number of hydrogen-bond acceptors (Lipinski definition) is 4. The maximum absolute atomic E-state index is 4.48. The van der Waals surface area contributed by atoms with Crippen molar-refractivity contribution in [2.24, 2.45) is 0 Å². The predicted octanol–water partition coefficient (Wildman–Crippen LogP) is 3.33. The number of hydrogen-bond donors (Lipinski definition) is 0. The van der Waals surface area contributed by atoms with Gasteiger partial charge < -0.3 is 4.90 Å². The Balaban J connectivity index is 1.86. The molecule has 1 aliphatic heterocycles. The summed E-state index contributed by atoms with van der Waals surface area (Å²) in [6, 6.07) is 12.4. The third-order valence-corrected chi connectivity index (χ3v) is 4.56. The van der Waals surface area contributed by atoms with Gasteiger partial charge in [-0.05, 0) is 37.9 Å². The van der Waals surface area contributed by atoms with Crippen molar-refractivity contribution in [1.29, 1.82) is 0 Å². The lowest BCUT2D eigenvalue weighted by Crippen LogP contribution is -2.43. The van der Waals surface area contributed by atoms with Gasteiger partial charge in [0, 0.05) is 19.2 Å². The Bertz CT molecular complexity index is 626. The Morgan fingerprint density at radius 3 is 2.68 bits per heavy atom. The van der Waals surface area contributed by atoms with Crippen molar-refractivity contribution in [3.8, 4) is 11.3 Å². The van der Waals surface area contributed by atoms with E-state index in [0.717, 1.165) is 23.6 Å². The average molecular weight is 296 g/mol. The van der Waals surface area contributed by atoms with Crippen LogP contribution in [-0.2, 0) is 0 Å². The summed E-state index contributed by atoms with van der Waals surface area (Å²) in [7, 11) is 2.13. The fraction of sp³-hybridized carbons (Fsp3) is 0.444. The maximum atomic E-state index is 4.48. The fourth-order valence-electron chi connectivity index (χ4n) is 3.29. The first-order valence-electron chi connectivity index (χ1n) is 8.07. The van der Waals surface area contributed by atoms with E-state index in [1.807, 2.05) is 18.2 Å². The first-order chi connectivity index (χ1) is 10.7. The molecule has 0 N–H and O–H groups in total. The summed E-state index contributed by atoms with van der Waals surface area (Å²) in [4.78, 5) is 4.77. The molecule has 116 valence electrons. The molecular formula is C18H24N4. The molecule has 1 unspecified atom stereocenters. The molecule has 1 fully saturated rings. The highest BCUT2D eigenvalue weighted by molar-refractivity contribution is 5.63. The van der Waals surface area contributed by atoms with E-state index in [2.05, 4.69) is 59.1 Å². The predicted molar refractivity (Wildman–Crippen MR) is 90.9 cm³/mol. The van der Waals surface area contributed by atoms with Crippen LogP contribution in [0.25, 0.3) is 11.3 Å². The lowest BCUT2D eigenvalue weighted by atomic mass is 10.1. The first kappa shape index (κ1) is 15.0. The molecule has 0 amide bonds. The van der Waals surface area contributed by atoms with Crippen LogP contribution in [0.15, 0.2) is 36.4 Å². The van der Waals surface area contributed by atoms with Crippen molar-refractivity contribution in [3.05, 3.63) is 42.0 Å². The van der Waals surface area contributed by atoms with Crippen LogP contribution in [-0.4, -0.2) is 41.4 Å². The van der Waals surface area contributed by atoms with Gasteiger partial charge in [0.15, 0.2) is 5.82 Å². The summed E-state index contributed by atoms with van der Waals surface area (Å²) in [5, 5.41) is 8.96. The third-order valence-electron chi connectivity index (χ3n) is 4.56. The first-order valence-corrected chi connectivity index (χ1v) is 8.07. The normalized spacial score (nSPS) is 18.6. The monoisotopic (exact) mass is 296 g/mol. The lowest BCUT2D eigenvalue weighted by molar-refractivity contribution is 0.264. The van der Waals surface area contributed by atoms with Crippen molar-refractivity contribution < 1.29 is 0 Å². The number of likely N-dealkylation sites (tertiary alicyclic amines) is 1. The quantitative estimate of drug-likeness (QED) is 0.866. The summed E-state index contributed by atoms with van der Waals surface area (Å²) in [6.07, 6.45) is 2.91. The van der Waals surface area contributed by atoms with Crippen LogP contribution in [0.2, 0.25) is 0 Å². The Kier molecular flexibility index (Phi) is 4.39. The molecule has 1 aromatic carbocycles. The Labute approximate surface area is 132 Å². The molecule has 22 heavy (non-hydrogen) atoms. The molecule has 0 spiro atoms. The second-order valence-electron chi connectivity index (χ2n) is 5.96. The van der Waals surface area contributed by atoms with Gasteiger partial charge in [-0.3, -0.25) is 4.90 Å². The van der Waals surface area contributed by atoms with Crippen LogP contribution >= 0.6 is 0 Å². The van der Waals surface area contributed by atoms with E-state index in [-0.39, 0.29) is 0 Å². The van der Waals surface area contributed by atoms with Gasteiger partial charge >= 0.3 is 0 Å². The standard InChI is InChI=1S/C18H24N4/c1-4-22-12-8-11-17(22)21(3)16-13-14(2)18(20-19-16)15-9-6-5-7-10-15/h5-7,9-10,13,17H,4,8,11-12H2,1-3H3. The molecule has 1 aromatic heterocycles. The number of aryl methyl sites for hydroxylation is 1. The molecule has 0 aliphatic carbocycles. The molecule has 2 heterocycles. The highest BCUT2D eigenvalue weighted by Crippen LogP contribution is 2.26. The highest BCUT2D eigenvalue weighted by Gasteiger charge is 2.27. The van der Waals surface area contributed by atoms with E-state index in [1.165, 1.54) is 24.9 Å². The zero-order valence-electron chi connectivity index (χ0n) is 13.7. The van der Waals surface area contributed by atoms with Crippen LogP contribution in [0.5, 0.6) is 0 Å². The Morgan fingerprint density at radius 1 is 1.23 bits per heavy atom. The lowest BCUT2D eigenvalue weighted by Gasteiger charge is -2.32. The molecule has 1 atom stereocenters. The van der Waals surface area contributed by atoms with E-state index >= 15 is 0 Å². The molecule has 3 rings (SSSR count). The molecule has 1 saturated heterocycles. The summed E-state index contributed by atoms with van der Waals surface area (Å²) in [5.41, 5.74) is 3.26. The van der Waals surface area contributed by atoms with E-state index in [9.17, 15) is 0 Å². The van der Waals surface area contributed by atoms with Gasteiger partial charge in [-0.2, -0.15) is 0 Å². The molecule has 1 aliphatic rings. The van der Waals surface area contributed by atoms with E-state index < -0.39 is 0 Å². The van der Waals surface area contributed by atoms with Gasteiger partial charge in [0.05, 0.1) is 11.9 Å². The number of benzene rings is 1. The minimum atomic E-state index is 0.446. The Hall–Kier alpha value is -1.94. The van der Waals surface area contributed by atoms with Gasteiger partial charge in [-0.15, -0.1) is 10.2 Å². The zero-order chi connectivity index (χ0) is 15.5. The average Bonchev–Trinajstić information content (AvgIpc) is 3.03. The van der Waals surface area contributed by atoms with Gasteiger partial charge in [-0.1, -0.05) is 37.3 Å². The van der Waals surface area contributed by atoms with Crippen LogP contribution < -0.4 is 4.90 Å². The highest BCUT2D eigenvalue weighted by atomic mass is 15.4. The van der Waals surface area contributed by atoms with Gasteiger partial charge in [0.1, 0.15) is 0 Å². The van der Waals surface area contributed by atoms with Gasteiger partial charge in [-0.25, -0.2) is 0 Å². The van der Waals surface area contributed by atoms with E-state index in [1.54, 1.807) is 0 Å². The second-order valence-corrected chi connectivity index (χ2v) is 5.96. The number of rotatable bonds is 4. The Morgan fingerprint density at radius 2 is 2.00 bits per heavy atom. The molecular weight excluding hydrogens is 272 g/mol. The summed E-state index contributed by atoms with van der Waals surface area (Å²) in [5.74, 6) is 0.961. The molecule has 2 aromatic rings. The number of nitrogens with zero attached hydrogens (tertiary/aromatic N) is 4. The minimum Gasteiger partial charge on any atom is -0.342 e. The van der Waals surface area contributed by atoms with Crippen molar-refractivity contribution in [2.45, 2.75) is 32.9 Å². The zero-order valence-corrected chi connectivity index (χ0v) is 13.7. The van der Waals surface area contributed by atoms with Crippen molar-refractivity contribution >= 4 is 5.82 Å². The van der Waals surface area contributed by atoms with Crippen molar-refractivity contribution in [3.63, 3.8) is 0 Å². The van der Waals surface area contributed by atoms with E-state index in [4.69, 9.17) is 0 Å². The molecule has 0 radical (unpaired) electrons. The van der Waals surface area contributed by atoms with E-state index in [0.29, 0.717) is 6.17 Å². The van der Waals surface area contributed by atoms with Crippen LogP contribution in [0.4, 0.5) is 5.82 Å². The summed E-state index contributed by atoms with van der Waals surface area (Å²) < 4.78 is 0. The second kappa shape index (κ2) is 6.44. The summed E-state index contributed by atoms with van der Waals surface area (Å²) >= 11 is 0. The smallest absolute Gasteiger partial charge is 0.152 e. The number of anilines is 1. The third kappa shape index (κ3) is 2.83. The molecule has 0 saturated carbocycles. The van der Waals surface area contributed by atoms with Crippen LogP contribution in [0.3, 0.4) is 0 Å². The largest absolute Gasteiger partial charge is 0.342 e. The minimum absolute atomic E-state index is 0.446. The van der Waals surface area contributed by atoms with Crippen LogP contribution in [0.1, 0.15) is 25.3 Å². The number of aromatic nitrogens is 2. The molecule has 0 bridgehead atoms. The van der Waals surface area contributed by atoms with Crippen molar-refractivity contribution in [2.75, 3.05) is 25.0 Å². The topological polar surface area (TPSA) is 32.3 Å². The molecule has 4 nitrogen and oxygen atoms in total. The SMILES string of the molecule is CCN1CCCC1N(C)c1cc(C)c(-c2ccccc2)nn1. The van der Waals surface area contributed by atoms with Crippen molar-refractivity contribution in [1.82, 2.24) is 15.1 Å². The summed E-state index contributed by atoms with van der Waals surface area (Å²) in [6.45, 7) is 6.60. The maximum Gasteiger partial charge on any atom is 0.152 e. The van der Waals surface area contributed by atoms with Gasteiger partial charge in [0.2, 0.25) is 0 Å². The van der Waals surface area contributed by atoms with Gasteiger partial charge in [0.25, 0.3) is 0 Å². The fourth-order valence-corrected chi connectivity index (χ4v) is 3.29. The van der Waals surface area contributed by atoms with Crippen LogP contribution in [0, 0.1) is 6.92 Å². The molecule has 4 heteroatoms.